The zero-order chi connectivity index (χ0) is 13.0. The van der Waals surface area contributed by atoms with Crippen LogP contribution in [-0.4, -0.2) is 41.9 Å². The van der Waals surface area contributed by atoms with E-state index in [-0.39, 0.29) is 24.0 Å². The van der Waals surface area contributed by atoms with Gasteiger partial charge in [-0.05, 0) is 19.0 Å². The zero-order valence-corrected chi connectivity index (χ0v) is 11.2. The second-order valence-corrected chi connectivity index (χ2v) is 4.20. The van der Waals surface area contributed by atoms with E-state index in [2.05, 4.69) is 5.32 Å². The number of halogens is 1. The third-order valence-corrected chi connectivity index (χ3v) is 2.93. The van der Waals surface area contributed by atoms with E-state index in [0.29, 0.717) is 18.7 Å². The van der Waals surface area contributed by atoms with Gasteiger partial charge >= 0.3 is 0 Å². The predicted molar refractivity (Wildman–Crippen MR) is 73.7 cm³/mol. The van der Waals surface area contributed by atoms with Crippen LogP contribution in [0.25, 0.3) is 0 Å². The Morgan fingerprint density at radius 2 is 2.11 bits per heavy atom. The summed E-state index contributed by atoms with van der Waals surface area (Å²) in [5, 5.41) is 13.9. The standard InChI is InChI=1S/C12H15N3O3.ClH/c16-12(14-7-2-5-13-6-8-14)10-3-1-4-11(9-10)15(17)18;/h1,3-4,9,13H,2,5-8H2;1H. The van der Waals surface area contributed by atoms with Gasteiger partial charge in [-0.15, -0.1) is 12.4 Å². The molecular formula is C12H16ClN3O3. The zero-order valence-electron chi connectivity index (χ0n) is 10.4. The smallest absolute Gasteiger partial charge is 0.270 e. The summed E-state index contributed by atoms with van der Waals surface area (Å²) in [5.74, 6) is -0.137. The van der Waals surface area contributed by atoms with Crippen LogP contribution in [0, 0.1) is 10.1 Å². The second-order valence-electron chi connectivity index (χ2n) is 4.20. The molecule has 1 aromatic carbocycles. The van der Waals surface area contributed by atoms with Crippen molar-refractivity contribution in [2.45, 2.75) is 6.42 Å². The van der Waals surface area contributed by atoms with Gasteiger partial charge in [0.15, 0.2) is 0 Å². The highest BCUT2D eigenvalue weighted by molar-refractivity contribution is 5.94. The molecule has 19 heavy (non-hydrogen) atoms. The van der Waals surface area contributed by atoms with Gasteiger partial charge in [-0.2, -0.15) is 0 Å². The van der Waals surface area contributed by atoms with Gasteiger partial charge < -0.3 is 10.2 Å². The lowest BCUT2D eigenvalue weighted by Gasteiger charge is -2.19. The Kier molecular flexibility index (Phi) is 5.72. The lowest BCUT2D eigenvalue weighted by atomic mass is 10.1. The van der Waals surface area contributed by atoms with E-state index in [9.17, 15) is 14.9 Å². The Labute approximate surface area is 117 Å². The van der Waals surface area contributed by atoms with Gasteiger partial charge in [0.2, 0.25) is 0 Å². The summed E-state index contributed by atoms with van der Waals surface area (Å²) in [5.41, 5.74) is 0.333. The molecule has 1 heterocycles. The van der Waals surface area contributed by atoms with Crippen LogP contribution in [0.15, 0.2) is 24.3 Å². The fraction of sp³-hybridized carbons (Fsp3) is 0.417. The third-order valence-electron chi connectivity index (χ3n) is 2.93. The average Bonchev–Trinajstić information content (AvgIpc) is 2.67. The first-order chi connectivity index (χ1) is 8.68. The monoisotopic (exact) mass is 285 g/mol. The molecule has 0 saturated carbocycles. The van der Waals surface area contributed by atoms with Crippen LogP contribution in [0.3, 0.4) is 0 Å². The number of non-ortho nitro benzene ring substituents is 1. The first kappa shape index (κ1) is 15.4. The van der Waals surface area contributed by atoms with Crippen LogP contribution >= 0.6 is 12.4 Å². The van der Waals surface area contributed by atoms with Gasteiger partial charge in [0.1, 0.15) is 0 Å². The number of benzene rings is 1. The van der Waals surface area contributed by atoms with Crippen molar-refractivity contribution < 1.29 is 9.72 Å². The summed E-state index contributed by atoms with van der Waals surface area (Å²) in [4.78, 5) is 24.1. The SMILES string of the molecule is Cl.O=C(c1cccc([N+](=O)[O-])c1)N1CCCNCC1. The minimum Gasteiger partial charge on any atom is -0.337 e. The third kappa shape index (κ3) is 3.90. The summed E-state index contributed by atoms with van der Waals surface area (Å²) >= 11 is 0. The molecule has 1 aliphatic heterocycles. The molecular weight excluding hydrogens is 270 g/mol. The molecule has 1 fully saturated rings. The Hall–Kier alpha value is -1.66. The topological polar surface area (TPSA) is 75.5 Å². The van der Waals surface area contributed by atoms with E-state index >= 15 is 0 Å². The van der Waals surface area contributed by atoms with Crippen LogP contribution in [-0.2, 0) is 0 Å². The Balaban J connectivity index is 0.00000180. The molecule has 7 heteroatoms. The number of nitrogens with zero attached hydrogens (tertiary/aromatic N) is 2. The number of nitro benzene ring substituents is 1. The number of amides is 1. The minimum atomic E-state index is -0.485. The molecule has 0 radical (unpaired) electrons. The molecule has 2 rings (SSSR count). The number of rotatable bonds is 2. The van der Waals surface area contributed by atoms with E-state index in [4.69, 9.17) is 0 Å². The molecule has 1 saturated heterocycles. The molecule has 1 aliphatic rings. The van der Waals surface area contributed by atoms with Crippen LogP contribution in [0.5, 0.6) is 0 Å². The lowest BCUT2D eigenvalue weighted by molar-refractivity contribution is -0.384. The van der Waals surface area contributed by atoms with Crippen molar-refractivity contribution in [3.63, 3.8) is 0 Å². The number of hydrogen-bond donors (Lipinski definition) is 1. The maximum absolute atomic E-state index is 12.2. The van der Waals surface area contributed by atoms with Crippen LogP contribution in [0.1, 0.15) is 16.8 Å². The summed E-state index contributed by atoms with van der Waals surface area (Å²) < 4.78 is 0. The Morgan fingerprint density at radius 1 is 1.32 bits per heavy atom. The van der Waals surface area contributed by atoms with Crippen LogP contribution in [0.4, 0.5) is 5.69 Å². The molecule has 6 nitrogen and oxygen atoms in total. The molecule has 0 bridgehead atoms. The molecule has 1 amide bonds. The lowest BCUT2D eigenvalue weighted by Crippen LogP contribution is -2.34. The molecule has 0 spiro atoms. The molecule has 0 aromatic heterocycles. The maximum Gasteiger partial charge on any atom is 0.270 e. The number of nitrogens with one attached hydrogen (secondary N) is 1. The van der Waals surface area contributed by atoms with Crippen LogP contribution < -0.4 is 5.32 Å². The van der Waals surface area contributed by atoms with Gasteiger partial charge in [0, 0.05) is 37.3 Å². The van der Waals surface area contributed by atoms with Gasteiger partial charge in [0.05, 0.1) is 4.92 Å². The summed E-state index contributed by atoms with van der Waals surface area (Å²) in [6.45, 7) is 3.00. The van der Waals surface area contributed by atoms with E-state index in [1.807, 2.05) is 0 Å². The van der Waals surface area contributed by atoms with Crippen molar-refractivity contribution in [3.05, 3.63) is 39.9 Å². The highest BCUT2D eigenvalue weighted by atomic mass is 35.5. The van der Waals surface area contributed by atoms with E-state index in [1.54, 1.807) is 17.0 Å². The molecule has 0 atom stereocenters. The molecule has 104 valence electrons. The van der Waals surface area contributed by atoms with Gasteiger partial charge in [-0.3, -0.25) is 14.9 Å². The summed E-state index contributed by atoms with van der Waals surface area (Å²) in [7, 11) is 0. The van der Waals surface area contributed by atoms with Gasteiger partial charge in [0.25, 0.3) is 11.6 Å². The number of carbonyl (C=O) groups excluding carboxylic acids is 1. The summed E-state index contributed by atoms with van der Waals surface area (Å²) in [6.07, 6.45) is 0.903. The number of carbonyl (C=O) groups is 1. The molecule has 1 N–H and O–H groups in total. The first-order valence-electron chi connectivity index (χ1n) is 5.93. The largest absolute Gasteiger partial charge is 0.337 e. The maximum atomic E-state index is 12.2. The van der Waals surface area contributed by atoms with Crippen molar-refractivity contribution in [2.75, 3.05) is 26.2 Å². The van der Waals surface area contributed by atoms with Gasteiger partial charge in [-0.1, -0.05) is 6.07 Å². The fourth-order valence-corrected chi connectivity index (χ4v) is 1.98. The van der Waals surface area contributed by atoms with Crippen molar-refractivity contribution in [1.29, 1.82) is 0 Å². The summed E-state index contributed by atoms with van der Waals surface area (Å²) in [6, 6.07) is 5.89. The van der Waals surface area contributed by atoms with Gasteiger partial charge in [-0.25, -0.2) is 0 Å². The number of hydrogen-bond acceptors (Lipinski definition) is 4. The molecule has 0 unspecified atom stereocenters. The quantitative estimate of drug-likeness (QED) is 0.659. The highest BCUT2D eigenvalue weighted by Gasteiger charge is 2.18. The van der Waals surface area contributed by atoms with Crippen molar-refractivity contribution in [2.24, 2.45) is 0 Å². The highest BCUT2D eigenvalue weighted by Crippen LogP contribution is 2.15. The predicted octanol–water partition coefficient (Wildman–Crippen LogP) is 1.45. The van der Waals surface area contributed by atoms with Crippen molar-refractivity contribution in [3.8, 4) is 0 Å². The first-order valence-corrected chi connectivity index (χ1v) is 5.93. The molecule has 1 aromatic rings. The second kappa shape index (κ2) is 7.06. The Bertz CT molecular complexity index is 459. The van der Waals surface area contributed by atoms with E-state index in [1.165, 1.54) is 12.1 Å². The average molecular weight is 286 g/mol. The van der Waals surface area contributed by atoms with Crippen LogP contribution in [0.2, 0.25) is 0 Å². The molecule has 0 aliphatic carbocycles. The van der Waals surface area contributed by atoms with E-state index in [0.717, 1.165) is 19.5 Å². The normalized spacial score (nSPS) is 15.3. The number of nitro groups is 1. The van der Waals surface area contributed by atoms with Crippen molar-refractivity contribution >= 4 is 24.0 Å². The van der Waals surface area contributed by atoms with E-state index < -0.39 is 4.92 Å². The Morgan fingerprint density at radius 3 is 2.84 bits per heavy atom. The fourth-order valence-electron chi connectivity index (χ4n) is 1.98. The van der Waals surface area contributed by atoms with Crippen molar-refractivity contribution in [1.82, 2.24) is 10.2 Å². The minimum absolute atomic E-state index is 0.